The van der Waals surface area contributed by atoms with Crippen molar-refractivity contribution in [2.45, 2.75) is 57.8 Å². The summed E-state index contributed by atoms with van der Waals surface area (Å²) in [7, 11) is 0. The number of nitrogens with one attached hydrogen (secondary N) is 2. The van der Waals surface area contributed by atoms with Crippen molar-refractivity contribution in [2.75, 3.05) is 6.54 Å². The first kappa shape index (κ1) is 27.3. The standard InChI is InChI=1S/C29H33F2N5O2/c1-3-19-8-7-9-20(12-19)17-32-18-28(37)26(15-21-13-22(30)16-23(31)14-21)33-29(38)27(4-2)36-34-24-10-5-6-11-25(24)35-36/h5-14,16,26-28,32,37H,3-4,15,17-18H2,1-2H3,(H,33,38)/t26-,27?,28+/m0/s1. The van der Waals surface area contributed by atoms with Gasteiger partial charge in [-0.1, -0.05) is 50.2 Å². The summed E-state index contributed by atoms with van der Waals surface area (Å²) < 4.78 is 27.8. The Bertz CT molecular complexity index is 1320. The predicted octanol–water partition coefficient (Wildman–Crippen LogP) is 4.10. The maximum atomic E-state index is 13.9. The van der Waals surface area contributed by atoms with Crippen molar-refractivity contribution < 1.29 is 18.7 Å². The van der Waals surface area contributed by atoms with Gasteiger partial charge in [-0.05, 0) is 60.2 Å². The monoisotopic (exact) mass is 521 g/mol. The average molecular weight is 522 g/mol. The first-order valence-corrected chi connectivity index (χ1v) is 12.9. The molecule has 1 unspecified atom stereocenters. The van der Waals surface area contributed by atoms with Gasteiger partial charge in [0.2, 0.25) is 5.91 Å². The largest absolute Gasteiger partial charge is 0.390 e. The van der Waals surface area contributed by atoms with Gasteiger partial charge in [-0.3, -0.25) is 4.79 Å². The van der Waals surface area contributed by atoms with E-state index in [1.807, 2.05) is 43.3 Å². The Kier molecular flexibility index (Phi) is 9.15. The summed E-state index contributed by atoms with van der Waals surface area (Å²) in [6.45, 7) is 4.63. The summed E-state index contributed by atoms with van der Waals surface area (Å²) in [4.78, 5) is 14.7. The molecule has 0 aliphatic heterocycles. The molecule has 1 amide bonds. The minimum Gasteiger partial charge on any atom is -0.390 e. The first-order chi connectivity index (χ1) is 18.4. The van der Waals surface area contributed by atoms with Crippen LogP contribution < -0.4 is 10.6 Å². The lowest BCUT2D eigenvalue weighted by atomic mass is 10.00. The van der Waals surface area contributed by atoms with Crippen molar-refractivity contribution in [1.29, 1.82) is 0 Å². The van der Waals surface area contributed by atoms with E-state index in [0.29, 0.717) is 29.6 Å². The lowest BCUT2D eigenvalue weighted by molar-refractivity contribution is -0.126. The second-order valence-electron chi connectivity index (χ2n) is 9.40. The van der Waals surface area contributed by atoms with Crippen molar-refractivity contribution in [3.63, 3.8) is 0 Å². The number of halogens is 2. The van der Waals surface area contributed by atoms with Gasteiger partial charge in [0.15, 0.2) is 0 Å². The number of carbonyl (C=O) groups is 1. The quantitative estimate of drug-likeness (QED) is 0.261. The van der Waals surface area contributed by atoms with Gasteiger partial charge >= 0.3 is 0 Å². The molecule has 3 atom stereocenters. The number of aromatic nitrogens is 3. The molecule has 0 radical (unpaired) electrons. The van der Waals surface area contributed by atoms with Crippen LogP contribution in [0.1, 0.15) is 43.0 Å². The van der Waals surface area contributed by atoms with E-state index < -0.39 is 29.8 Å². The molecule has 0 fully saturated rings. The van der Waals surface area contributed by atoms with Crippen LogP contribution in [0.5, 0.6) is 0 Å². The molecule has 0 aliphatic rings. The minimum atomic E-state index is -1.03. The Hall–Kier alpha value is -3.69. The number of amides is 1. The summed E-state index contributed by atoms with van der Waals surface area (Å²) >= 11 is 0. The third-order valence-corrected chi connectivity index (χ3v) is 6.52. The Morgan fingerprint density at radius 2 is 1.58 bits per heavy atom. The van der Waals surface area contributed by atoms with E-state index in [4.69, 9.17) is 0 Å². The van der Waals surface area contributed by atoms with Crippen molar-refractivity contribution in [2.24, 2.45) is 0 Å². The van der Waals surface area contributed by atoms with Crippen LogP contribution in [-0.2, 0) is 24.2 Å². The van der Waals surface area contributed by atoms with Crippen LogP contribution in [0.4, 0.5) is 8.78 Å². The molecule has 1 aromatic heterocycles. The van der Waals surface area contributed by atoms with Gasteiger partial charge in [0, 0.05) is 19.2 Å². The fourth-order valence-corrected chi connectivity index (χ4v) is 4.48. The van der Waals surface area contributed by atoms with Gasteiger partial charge in [-0.15, -0.1) is 0 Å². The third kappa shape index (κ3) is 6.99. The molecule has 0 spiro atoms. The number of benzene rings is 3. The third-order valence-electron chi connectivity index (χ3n) is 6.52. The Labute approximate surface area is 220 Å². The highest BCUT2D eigenvalue weighted by molar-refractivity contribution is 5.81. The van der Waals surface area contributed by atoms with Crippen LogP contribution in [0.25, 0.3) is 11.0 Å². The summed E-state index contributed by atoms with van der Waals surface area (Å²) in [5.74, 6) is -1.82. The van der Waals surface area contributed by atoms with Gasteiger partial charge in [-0.25, -0.2) is 8.78 Å². The topological polar surface area (TPSA) is 92.1 Å². The highest BCUT2D eigenvalue weighted by atomic mass is 19.1. The van der Waals surface area contributed by atoms with E-state index in [1.54, 1.807) is 0 Å². The summed E-state index contributed by atoms with van der Waals surface area (Å²) in [6.07, 6.45) is 0.353. The van der Waals surface area contributed by atoms with Crippen molar-refractivity contribution in [3.8, 4) is 0 Å². The zero-order valence-corrected chi connectivity index (χ0v) is 21.6. The molecule has 0 bridgehead atoms. The fourth-order valence-electron chi connectivity index (χ4n) is 4.48. The normalized spacial score (nSPS) is 13.8. The lowest BCUT2D eigenvalue weighted by Gasteiger charge is -2.27. The highest BCUT2D eigenvalue weighted by Gasteiger charge is 2.28. The van der Waals surface area contributed by atoms with E-state index in [9.17, 15) is 18.7 Å². The predicted molar refractivity (Wildman–Crippen MR) is 142 cm³/mol. The molecule has 7 nitrogen and oxygen atoms in total. The van der Waals surface area contributed by atoms with Crippen molar-refractivity contribution in [3.05, 3.63) is 95.1 Å². The number of aliphatic hydroxyl groups excluding tert-OH is 1. The fraction of sp³-hybridized carbons (Fsp3) is 0.345. The van der Waals surface area contributed by atoms with Gasteiger partial charge in [0.1, 0.15) is 28.7 Å². The van der Waals surface area contributed by atoms with Gasteiger partial charge in [-0.2, -0.15) is 15.0 Å². The van der Waals surface area contributed by atoms with E-state index in [-0.39, 0.29) is 18.9 Å². The molecule has 1 heterocycles. The summed E-state index contributed by atoms with van der Waals surface area (Å²) in [5.41, 5.74) is 3.96. The highest BCUT2D eigenvalue weighted by Crippen LogP contribution is 2.17. The van der Waals surface area contributed by atoms with Crippen LogP contribution >= 0.6 is 0 Å². The van der Waals surface area contributed by atoms with Crippen LogP contribution in [0, 0.1) is 11.6 Å². The van der Waals surface area contributed by atoms with E-state index in [2.05, 4.69) is 39.9 Å². The number of hydrogen-bond acceptors (Lipinski definition) is 5. The van der Waals surface area contributed by atoms with E-state index in [1.165, 1.54) is 22.5 Å². The van der Waals surface area contributed by atoms with Gasteiger partial charge in [0.05, 0.1) is 12.1 Å². The lowest BCUT2D eigenvalue weighted by Crippen LogP contribution is -2.50. The first-order valence-electron chi connectivity index (χ1n) is 12.9. The molecule has 4 aromatic rings. The van der Waals surface area contributed by atoms with Gasteiger partial charge in [0.25, 0.3) is 0 Å². The second-order valence-corrected chi connectivity index (χ2v) is 9.40. The Morgan fingerprint density at radius 3 is 2.21 bits per heavy atom. The van der Waals surface area contributed by atoms with Crippen LogP contribution in [-0.4, -0.2) is 44.7 Å². The molecule has 38 heavy (non-hydrogen) atoms. The number of rotatable bonds is 12. The SMILES string of the molecule is CCc1cccc(CNC[C@@H](O)[C@H](Cc2cc(F)cc(F)c2)NC(=O)C(CC)n2nc3ccccc3n2)c1. The van der Waals surface area contributed by atoms with E-state index in [0.717, 1.165) is 18.1 Å². The smallest absolute Gasteiger partial charge is 0.247 e. The maximum Gasteiger partial charge on any atom is 0.247 e. The molecule has 9 heteroatoms. The molecule has 0 saturated heterocycles. The van der Waals surface area contributed by atoms with Crippen molar-refractivity contribution in [1.82, 2.24) is 25.6 Å². The number of hydrogen-bond donors (Lipinski definition) is 3. The Morgan fingerprint density at radius 1 is 0.921 bits per heavy atom. The average Bonchev–Trinajstić information content (AvgIpc) is 3.32. The minimum absolute atomic E-state index is 0.0412. The van der Waals surface area contributed by atoms with Crippen LogP contribution in [0.2, 0.25) is 0 Å². The number of aliphatic hydroxyl groups is 1. The van der Waals surface area contributed by atoms with Crippen LogP contribution in [0.3, 0.4) is 0 Å². The molecule has 0 aliphatic carbocycles. The molecule has 200 valence electrons. The molecular formula is C29H33F2N5O2. The van der Waals surface area contributed by atoms with Crippen molar-refractivity contribution >= 4 is 16.9 Å². The van der Waals surface area contributed by atoms with E-state index >= 15 is 0 Å². The summed E-state index contributed by atoms with van der Waals surface area (Å²) in [6, 6.07) is 17.2. The molecule has 3 N–H and O–H groups in total. The number of fused-ring (bicyclic) bond motifs is 1. The van der Waals surface area contributed by atoms with Crippen LogP contribution in [0.15, 0.2) is 66.7 Å². The summed E-state index contributed by atoms with van der Waals surface area (Å²) in [5, 5.41) is 26.1. The molecule has 4 rings (SSSR count). The molecule has 3 aromatic carbocycles. The number of carbonyl (C=O) groups excluding carboxylic acids is 1. The van der Waals surface area contributed by atoms with Gasteiger partial charge < -0.3 is 15.7 Å². The zero-order valence-electron chi connectivity index (χ0n) is 21.6. The molecule has 0 saturated carbocycles. The second kappa shape index (κ2) is 12.7. The Balaban J connectivity index is 1.49. The molecular weight excluding hydrogens is 488 g/mol. The number of nitrogens with zero attached hydrogens (tertiary/aromatic N) is 3. The zero-order chi connectivity index (χ0) is 27.1. The number of aryl methyl sites for hydroxylation is 1. The maximum absolute atomic E-state index is 13.9.